The molecule has 0 N–H and O–H groups in total. The molecule has 0 radical (unpaired) electrons. The van der Waals surface area contributed by atoms with E-state index in [0.717, 1.165) is 0 Å². The van der Waals surface area contributed by atoms with Crippen molar-refractivity contribution in [1.29, 1.82) is 0 Å². The zero-order valence-electron chi connectivity index (χ0n) is 9.82. The number of imidazole rings is 1. The van der Waals surface area contributed by atoms with E-state index in [4.69, 9.17) is 0 Å². The Morgan fingerprint density at radius 1 is 1.06 bits per heavy atom. The Hall–Kier alpha value is -2.35. The molecule has 3 aromatic rings. The van der Waals surface area contributed by atoms with Crippen LogP contribution >= 0.6 is 0 Å². The van der Waals surface area contributed by atoms with Crippen LogP contribution in [0.25, 0.3) is 16.8 Å². The Balaban J connectivity index is 2.04. The highest BCUT2D eigenvalue weighted by atomic mass is 15.0. The second-order valence-corrected chi connectivity index (χ2v) is 4.61. The van der Waals surface area contributed by atoms with Crippen molar-refractivity contribution in [2.24, 2.45) is 0 Å². The first kappa shape index (κ1) is 9.66. The summed E-state index contributed by atoms with van der Waals surface area (Å²) in [5.74, 6) is 0. The van der Waals surface area contributed by atoms with Crippen LogP contribution in [0.4, 0.5) is 0 Å². The summed E-state index contributed by atoms with van der Waals surface area (Å²) in [5.41, 5.74) is 2.66. The number of aromatic nitrogens is 2. The molecule has 0 aliphatic heterocycles. The number of rotatable bonds is 1. The Morgan fingerprint density at radius 2 is 1.94 bits per heavy atom. The van der Waals surface area contributed by atoms with Crippen LogP contribution < -0.4 is 0 Å². The second-order valence-electron chi connectivity index (χ2n) is 4.61. The smallest absolute Gasteiger partial charge is 0.0954 e. The Labute approximate surface area is 105 Å². The molecule has 0 saturated carbocycles. The minimum Gasteiger partial charge on any atom is -0.326 e. The fraction of sp³-hybridized carbons (Fsp3) is 0.0625. The molecule has 1 aromatic heterocycles. The first-order chi connectivity index (χ1) is 8.93. The lowest BCUT2D eigenvalue weighted by molar-refractivity contribution is 0.704. The van der Waals surface area contributed by atoms with Crippen molar-refractivity contribution in [3.05, 3.63) is 72.3 Å². The number of hydrogen-bond acceptors (Lipinski definition) is 1. The highest BCUT2D eigenvalue weighted by Crippen LogP contribution is 2.35. The average Bonchev–Trinajstić information content (AvgIpc) is 2.94. The van der Waals surface area contributed by atoms with Gasteiger partial charge in [0.2, 0.25) is 0 Å². The molecule has 1 aliphatic rings. The van der Waals surface area contributed by atoms with Gasteiger partial charge in [-0.25, -0.2) is 4.98 Å². The molecular formula is C16H12N2. The first-order valence-corrected chi connectivity index (χ1v) is 6.11. The van der Waals surface area contributed by atoms with Crippen LogP contribution in [0.2, 0.25) is 0 Å². The predicted molar refractivity (Wildman–Crippen MR) is 73.3 cm³/mol. The number of nitrogens with zero attached hydrogens (tertiary/aromatic N) is 2. The number of benzene rings is 2. The third kappa shape index (κ3) is 1.26. The van der Waals surface area contributed by atoms with Crippen LogP contribution in [0.1, 0.15) is 17.2 Å². The van der Waals surface area contributed by atoms with Gasteiger partial charge >= 0.3 is 0 Å². The predicted octanol–water partition coefficient (Wildman–Crippen LogP) is 3.65. The molecule has 18 heavy (non-hydrogen) atoms. The molecule has 2 aromatic carbocycles. The van der Waals surface area contributed by atoms with Gasteiger partial charge in [-0.3, -0.25) is 0 Å². The van der Waals surface area contributed by atoms with Crippen molar-refractivity contribution in [3.8, 4) is 0 Å². The average molecular weight is 232 g/mol. The van der Waals surface area contributed by atoms with Gasteiger partial charge in [0.05, 0.1) is 12.4 Å². The summed E-state index contributed by atoms with van der Waals surface area (Å²) in [4.78, 5) is 4.15. The fourth-order valence-corrected chi connectivity index (χ4v) is 2.78. The molecule has 1 aliphatic carbocycles. The molecule has 1 atom stereocenters. The third-order valence-electron chi connectivity index (χ3n) is 3.59. The van der Waals surface area contributed by atoms with Gasteiger partial charge in [-0.15, -0.1) is 0 Å². The second kappa shape index (κ2) is 3.57. The Kier molecular flexibility index (Phi) is 1.92. The molecule has 86 valence electrons. The molecule has 2 nitrogen and oxygen atoms in total. The SMILES string of the molecule is C1=CC(n2ccnc2)c2cccc3cccc1c23. The Morgan fingerprint density at radius 3 is 2.78 bits per heavy atom. The van der Waals surface area contributed by atoms with Crippen LogP contribution in [-0.4, -0.2) is 9.55 Å². The third-order valence-corrected chi connectivity index (χ3v) is 3.59. The molecule has 2 heteroatoms. The van der Waals surface area contributed by atoms with Crippen molar-refractivity contribution >= 4 is 16.8 Å². The van der Waals surface area contributed by atoms with Gasteiger partial charge in [-0.1, -0.05) is 48.6 Å². The Bertz CT molecular complexity index is 734. The van der Waals surface area contributed by atoms with Gasteiger partial charge in [-0.2, -0.15) is 0 Å². The van der Waals surface area contributed by atoms with E-state index in [-0.39, 0.29) is 6.04 Å². The molecule has 4 rings (SSSR count). The molecule has 0 saturated heterocycles. The highest BCUT2D eigenvalue weighted by Gasteiger charge is 2.17. The van der Waals surface area contributed by atoms with E-state index < -0.39 is 0 Å². The maximum absolute atomic E-state index is 4.15. The lowest BCUT2D eigenvalue weighted by Gasteiger charge is -2.22. The summed E-state index contributed by atoms with van der Waals surface area (Å²) in [5, 5.41) is 2.67. The largest absolute Gasteiger partial charge is 0.326 e. The highest BCUT2D eigenvalue weighted by molar-refractivity contribution is 5.95. The quantitative estimate of drug-likeness (QED) is 0.626. The van der Waals surface area contributed by atoms with Gasteiger partial charge in [-0.05, 0) is 21.9 Å². The minimum absolute atomic E-state index is 0.256. The van der Waals surface area contributed by atoms with Crippen molar-refractivity contribution < 1.29 is 0 Å². The van der Waals surface area contributed by atoms with Crippen LogP contribution in [0, 0.1) is 0 Å². The fourth-order valence-electron chi connectivity index (χ4n) is 2.78. The van der Waals surface area contributed by atoms with Crippen molar-refractivity contribution in [2.45, 2.75) is 6.04 Å². The van der Waals surface area contributed by atoms with E-state index in [2.05, 4.69) is 58.1 Å². The van der Waals surface area contributed by atoms with Gasteiger partial charge in [0.1, 0.15) is 0 Å². The molecule has 0 spiro atoms. The summed E-state index contributed by atoms with van der Waals surface area (Å²) in [6.07, 6.45) is 10.2. The van der Waals surface area contributed by atoms with Gasteiger partial charge < -0.3 is 4.57 Å². The molecule has 1 heterocycles. The zero-order valence-corrected chi connectivity index (χ0v) is 9.82. The minimum atomic E-state index is 0.256. The molecule has 0 amide bonds. The van der Waals surface area contributed by atoms with Crippen molar-refractivity contribution in [1.82, 2.24) is 9.55 Å². The monoisotopic (exact) mass is 232 g/mol. The van der Waals surface area contributed by atoms with Gasteiger partial charge in [0, 0.05) is 12.4 Å². The van der Waals surface area contributed by atoms with E-state index in [9.17, 15) is 0 Å². The molecular weight excluding hydrogens is 220 g/mol. The lowest BCUT2D eigenvalue weighted by Crippen LogP contribution is -2.09. The van der Waals surface area contributed by atoms with Crippen molar-refractivity contribution in [2.75, 3.05) is 0 Å². The maximum atomic E-state index is 4.15. The summed E-state index contributed by atoms with van der Waals surface area (Å²) >= 11 is 0. The van der Waals surface area contributed by atoms with E-state index in [0.29, 0.717) is 0 Å². The zero-order chi connectivity index (χ0) is 11.9. The van der Waals surface area contributed by atoms with E-state index in [1.807, 2.05) is 18.7 Å². The molecule has 1 unspecified atom stereocenters. The summed E-state index contributed by atoms with van der Waals surface area (Å²) in [7, 11) is 0. The summed E-state index contributed by atoms with van der Waals surface area (Å²) in [6.45, 7) is 0. The van der Waals surface area contributed by atoms with Gasteiger partial charge in [0.25, 0.3) is 0 Å². The van der Waals surface area contributed by atoms with Crippen LogP contribution in [0.15, 0.2) is 61.2 Å². The van der Waals surface area contributed by atoms with E-state index in [1.165, 1.54) is 21.9 Å². The van der Waals surface area contributed by atoms with Crippen LogP contribution in [-0.2, 0) is 0 Å². The maximum Gasteiger partial charge on any atom is 0.0954 e. The molecule has 0 bridgehead atoms. The number of allylic oxidation sites excluding steroid dienone is 1. The van der Waals surface area contributed by atoms with Crippen LogP contribution in [0.5, 0.6) is 0 Å². The van der Waals surface area contributed by atoms with Crippen LogP contribution in [0.3, 0.4) is 0 Å². The van der Waals surface area contributed by atoms with E-state index in [1.54, 1.807) is 0 Å². The van der Waals surface area contributed by atoms with Crippen molar-refractivity contribution in [3.63, 3.8) is 0 Å². The first-order valence-electron chi connectivity index (χ1n) is 6.11. The standard InChI is InChI=1S/C16H12N2/c1-3-12-5-2-6-14-15(18-10-9-17-11-18)8-7-13(4-1)16(12)14/h1-11,15H. The molecule has 0 fully saturated rings. The normalized spacial score (nSPS) is 17.2. The summed E-state index contributed by atoms with van der Waals surface area (Å²) in [6, 6.07) is 13.2. The lowest BCUT2D eigenvalue weighted by atomic mass is 9.90. The van der Waals surface area contributed by atoms with Gasteiger partial charge in [0.15, 0.2) is 0 Å². The summed E-state index contributed by atoms with van der Waals surface area (Å²) < 4.78 is 2.14. The number of hydrogen-bond donors (Lipinski definition) is 0. The topological polar surface area (TPSA) is 17.8 Å². The van der Waals surface area contributed by atoms with E-state index >= 15 is 0 Å².